The van der Waals surface area contributed by atoms with Crippen molar-refractivity contribution in [3.63, 3.8) is 0 Å². The molecule has 0 saturated heterocycles. The van der Waals surface area contributed by atoms with Crippen LogP contribution in [0.25, 0.3) is 22.3 Å². The van der Waals surface area contributed by atoms with Gasteiger partial charge in [0.25, 0.3) is 0 Å². The molecule has 0 radical (unpaired) electrons. The average molecular weight is 872 g/mol. The second kappa shape index (κ2) is 14.3. The molecular weight excluding hydrogens is 840 g/mol. The largest absolute Gasteiger partial charge is 0.453 e. The van der Waals surface area contributed by atoms with Crippen molar-refractivity contribution in [2.24, 2.45) is 0 Å². The topological polar surface area (TPSA) is 67.5 Å². The van der Waals surface area contributed by atoms with Crippen molar-refractivity contribution in [1.82, 2.24) is 0 Å². The van der Waals surface area contributed by atoms with Gasteiger partial charge in [0.15, 0.2) is 46.0 Å². The SMILES string of the molecule is Clc1cc(-c2ccccc2)ccc1Nc1cc2c3c(c1)Oc1cc(-c4ccc(Cl)c(Nc5ccc6c(c5)Oc5cccc7c5N6c5ccccc5O7)c4)ccc1N3c1ccccc1O2. The molecule has 0 atom stereocenters. The summed E-state index contributed by atoms with van der Waals surface area (Å²) in [5.41, 5.74) is 12.5. The van der Waals surface area contributed by atoms with E-state index in [1.807, 2.05) is 121 Å². The van der Waals surface area contributed by atoms with Gasteiger partial charge in [-0.1, -0.05) is 102 Å². The average Bonchev–Trinajstić information content (AvgIpc) is 3.32. The fourth-order valence-corrected chi connectivity index (χ4v) is 9.34. The minimum atomic E-state index is 0.579. The lowest BCUT2D eigenvalue weighted by Gasteiger charge is -2.38. The van der Waals surface area contributed by atoms with Crippen molar-refractivity contribution in [1.29, 1.82) is 0 Å². The molecule has 0 fully saturated rings. The van der Waals surface area contributed by atoms with E-state index in [0.29, 0.717) is 33.0 Å². The standard InChI is InChI=1S/C54H32Cl2N4O4/c55-37-21-17-33(26-40(37)57-35-20-24-44-50(28-35)63-48-16-8-15-47-53(48)59(44)41-11-4-6-13-45(41)61-47)34-19-23-43-49(27-34)64-52-30-36(29-51-54(52)60(43)42-12-5-7-14-46(42)62-51)58-39-22-18-32(25-38(39)56)31-9-2-1-3-10-31/h1-30,57-58H. The van der Waals surface area contributed by atoms with E-state index in [2.05, 4.69) is 81.1 Å². The first-order valence-electron chi connectivity index (χ1n) is 20.8. The molecule has 4 aliphatic heterocycles. The second-order valence-corrected chi connectivity index (χ2v) is 16.6. The van der Waals surface area contributed by atoms with Crippen molar-refractivity contribution < 1.29 is 18.9 Å². The first-order valence-corrected chi connectivity index (χ1v) is 21.5. The summed E-state index contributed by atoms with van der Waals surface area (Å²) in [7, 11) is 0. The first-order chi connectivity index (χ1) is 31.5. The van der Waals surface area contributed by atoms with Crippen molar-refractivity contribution in [2.45, 2.75) is 0 Å². The summed E-state index contributed by atoms with van der Waals surface area (Å²) in [6, 6.07) is 60.4. The van der Waals surface area contributed by atoms with Crippen LogP contribution in [-0.2, 0) is 0 Å². The summed E-state index contributed by atoms with van der Waals surface area (Å²) in [5.74, 6) is 5.70. The predicted octanol–water partition coefficient (Wildman–Crippen LogP) is 17.2. The van der Waals surface area contributed by atoms with Gasteiger partial charge >= 0.3 is 0 Å². The van der Waals surface area contributed by atoms with Crippen LogP contribution in [0.3, 0.4) is 0 Å². The number of nitrogens with one attached hydrogen (secondary N) is 2. The van der Waals surface area contributed by atoms with Gasteiger partial charge in [0.2, 0.25) is 0 Å². The summed E-state index contributed by atoms with van der Waals surface area (Å²) in [6.45, 7) is 0. The molecule has 10 heteroatoms. The minimum Gasteiger partial charge on any atom is -0.453 e. The van der Waals surface area contributed by atoms with Crippen LogP contribution in [-0.4, -0.2) is 0 Å². The van der Waals surface area contributed by atoms with Crippen LogP contribution in [0.5, 0.6) is 46.0 Å². The van der Waals surface area contributed by atoms with Crippen molar-refractivity contribution >= 4 is 80.1 Å². The zero-order chi connectivity index (χ0) is 42.5. The zero-order valence-corrected chi connectivity index (χ0v) is 35.1. The molecule has 0 spiro atoms. The number of hydrogen-bond acceptors (Lipinski definition) is 8. The summed E-state index contributed by atoms with van der Waals surface area (Å²) in [5, 5.41) is 8.26. The van der Waals surface area contributed by atoms with Gasteiger partial charge in [-0.2, -0.15) is 0 Å². The molecule has 4 aliphatic rings. The molecule has 0 aromatic heterocycles. The van der Waals surface area contributed by atoms with E-state index in [-0.39, 0.29) is 0 Å². The highest BCUT2D eigenvalue weighted by Gasteiger charge is 2.36. The fourth-order valence-electron chi connectivity index (χ4n) is 8.95. The Bertz CT molecular complexity index is 3420. The monoisotopic (exact) mass is 870 g/mol. The number of nitrogens with zero attached hydrogens (tertiary/aromatic N) is 2. The molecule has 13 rings (SSSR count). The van der Waals surface area contributed by atoms with E-state index in [1.165, 1.54) is 0 Å². The molecule has 9 aromatic rings. The van der Waals surface area contributed by atoms with Crippen LogP contribution in [0.15, 0.2) is 182 Å². The zero-order valence-electron chi connectivity index (χ0n) is 33.6. The molecule has 0 amide bonds. The third kappa shape index (κ3) is 5.91. The van der Waals surface area contributed by atoms with E-state index in [0.717, 1.165) is 102 Å². The maximum absolute atomic E-state index is 6.89. The fraction of sp³-hybridized carbons (Fsp3) is 0. The van der Waals surface area contributed by atoms with Crippen LogP contribution >= 0.6 is 23.2 Å². The summed E-state index contributed by atoms with van der Waals surface area (Å²) in [4.78, 5) is 4.41. The molecule has 9 aromatic carbocycles. The minimum absolute atomic E-state index is 0.579. The maximum atomic E-state index is 6.89. The number of hydrogen-bond donors (Lipinski definition) is 2. The highest BCUT2D eigenvalue weighted by atomic mass is 35.5. The van der Waals surface area contributed by atoms with Gasteiger partial charge in [0.05, 0.1) is 44.2 Å². The molecule has 0 saturated carbocycles. The summed E-state index contributed by atoms with van der Waals surface area (Å²) >= 11 is 13.8. The second-order valence-electron chi connectivity index (χ2n) is 15.8. The highest BCUT2D eigenvalue weighted by Crippen LogP contribution is 2.62. The van der Waals surface area contributed by atoms with Crippen LogP contribution in [0.2, 0.25) is 10.0 Å². The molecule has 64 heavy (non-hydrogen) atoms. The quantitative estimate of drug-likeness (QED) is 0.171. The number of para-hydroxylation sites is 5. The number of ether oxygens (including phenoxy) is 4. The molecular formula is C54H32Cl2N4O4. The van der Waals surface area contributed by atoms with E-state index in [4.69, 9.17) is 42.1 Å². The van der Waals surface area contributed by atoms with Gasteiger partial charge in [-0.15, -0.1) is 0 Å². The smallest absolute Gasteiger partial charge is 0.157 e. The lowest BCUT2D eigenvalue weighted by molar-refractivity contribution is 0.446. The summed E-state index contributed by atoms with van der Waals surface area (Å²) < 4.78 is 26.1. The van der Waals surface area contributed by atoms with Crippen LogP contribution in [0.1, 0.15) is 0 Å². The van der Waals surface area contributed by atoms with E-state index in [9.17, 15) is 0 Å². The van der Waals surface area contributed by atoms with Crippen molar-refractivity contribution in [2.75, 3.05) is 20.4 Å². The van der Waals surface area contributed by atoms with E-state index >= 15 is 0 Å². The molecule has 0 unspecified atom stereocenters. The molecule has 0 bridgehead atoms. The number of fused-ring (bicyclic) bond motifs is 8. The Morgan fingerprint density at radius 2 is 0.812 bits per heavy atom. The van der Waals surface area contributed by atoms with Gasteiger partial charge in [-0.05, 0) is 107 Å². The van der Waals surface area contributed by atoms with Crippen molar-refractivity contribution in [3.8, 4) is 68.2 Å². The number of anilines is 10. The van der Waals surface area contributed by atoms with E-state index < -0.39 is 0 Å². The maximum Gasteiger partial charge on any atom is 0.157 e. The van der Waals surface area contributed by atoms with Gasteiger partial charge in [-0.3, -0.25) is 9.80 Å². The Hall–Kier alpha value is -8.04. The highest BCUT2D eigenvalue weighted by molar-refractivity contribution is 6.34. The third-order valence-electron chi connectivity index (χ3n) is 11.9. The predicted molar refractivity (Wildman–Crippen MR) is 256 cm³/mol. The Morgan fingerprint density at radius 1 is 0.312 bits per heavy atom. The van der Waals surface area contributed by atoms with Crippen molar-refractivity contribution in [3.05, 3.63) is 192 Å². The summed E-state index contributed by atoms with van der Waals surface area (Å²) in [6.07, 6.45) is 0. The lowest BCUT2D eigenvalue weighted by atomic mass is 10.0. The number of halogens is 2. The first kappa shape index (κ1) is 36.6. The van der Waals surface area contributed by atoms with Gasteiger partial charge in [0.1, 0.15) is 11.4 Å². The Balaban J connectivity index is 0.825. The Kier molecular flexibility index (Phi) is 8.15. The van der Waals surface area contributed by atoms with E-state index in [1.54, 1.807) is 0 Å². The Morgan fingerprint density at radius 3 is 1.55 bits per heavy atom. The lowest BCUT2D eigenvalue weighted by Crippen LogP contribution is -2.20. The van der Waals surface area contributed by atoms with Crippen LogP contribution in [0.4, 0.5) is 56.9 Å². The third-order valence-corrected chi connectivity index (χ3v) is 12.5. The number of rotatable bonds is 6. The van der Waals surface area contributed by atoms with Crippen LogP contribution in [0, 0.1) is 0 Å². The molecule has 0 aliphatic carbocycles. The molecule has 4 heterocycles. The molecule has 2 N–H and O–H groups in total. The van der Waals surface area contributed by atoms with Gasteiger partial charge in [-0.25, -0.2) is 0 Å². The number of benzene rings is 9. The molecule has 8 nitrogen and oxygen atoms in total. The molecule has 306 valence electrons. The normalized spacial score (nSPS) is 13.0. The van der Waals surface area contributed by atoms with Gasteiger partial charge < -0.3 is 29.6 Å². The van der Waals surface area contributed by atoms with Gasteiger partial charge in [0, 0.05) is 29.6 Å². The Labute approximate surface area is 378 Å². The van der Waals surface area contributed by atoms with Crippen LogP contribution < -0.4 is 39.4 Å².